The zero-order chi connectivity index (χ0) is 24.5. The Labute approximate surface area is 184 Å². The minimum atomic E-state index is -1.26. The highest BCUT2D eigenvalue weighted by Gasteiger charge is 2.07. The number of hydrogen-bond acceptors (Lipinski definition) is 7. The fourth-order valence-electron chi connectivity index (χ4n) is 1.89. The molecule has 11 heteroatoms. The van der Waals surface area contributed by atoms with E-state index in [1.807, 2.05) is 13.8 Å². The molecule has 0 atom stereocenters. The number of benzene rings is 1. The molecule has 1 heterocycles. The van der Waals surface area contributed by atoms with E-state index in [9.17, 15) is 18.8 Å². The SMILES string of the molecule is CC.CCOC(=O)Nc1ccc(NCc2ccc(F)cc2)nc1N.O=C(O)/C=C\C(=O)O. The Morgan fingerprint density at radius 1 is 1.06 bits per heavy atom. The van der Waals surface area contributed by atoms with Gasteiger partial charge in [-0.05, 0) is 36.8 Å². The van der Waals surface area contributed by atoms with Crippen LogP contribution < -0.4 is 16.4 Å². The van der Waals surface area contributed by atoms with Crippen molar-refractivity contribution in [3.63, 3.8) is 0 Å². The number of aliphatic carboxylic acids is 2. The van der Waals surface area contributed by atoms with Gasteiger partial charge in [0, 0.05) is 18.7 Å². The number of hydrogen-bond donors (Lipinski definition) is 5. The van der Waals surface area contributed by atoms with E-state index >= 15 is 0 Å². The van der Waals surface area contributed by atoms with Crippen molar-refractivity contribution in [3.05, 3.63) is 59.9 Å². The summed E-state index contributed by atoms with van der Waals surface area (Å²) in [4.78, 5) is 34.6. The molecular weight excluding hydrogens is 423 g/mol. The summed E-state index contributed by atoms with van der Waals surface area (Å²) in [6, 6.07) is 9.47. The van der Waals surface area contributed by atoms with Crippen LogP contribution in [0.3, 0.4) is 0 Å². The highest BCUT2D eigenvalue weighted by atomic mass is 19.1. The first-order valence-electron chi connectivity index (χ1n) is 9.53. The molecule has 1 aromatic carbocycles. The molecule has 0 unspecified atom stereocenters. The monoisotopic (exact) mass is 450 g/mol. The zero-order valence-electron chi connectivity index (χ0n) is 18.0. The second-order valence-electron chi connectivity index (χ2n) is 5.46. The topological polar surface area (TPSA) is 164 Å². The maximum Gasteiger partial charge on any atom is 0.411 e. The Balaban J connectivity index is 0.000000814. The highest BCUT2D eigenvalue weighted by Crippen LogP contribution is 2.19. The maximum absolute atomic E-state index is 12.8. The summed E-state index contributed by atoms with van der Waals surface area (Å²) in [7, 11) is 0. The summed E-state index contributed by atoms with van der Waals surface area (Å²) in [6.07, 6.45) is 0.535. The van der Waals surface area contributed by atoms with Gasteiger partial charge in [-0.3, -0.25) is 5.32 Å². The first-order chi connectivity index (χ1) is 15.2. The highest BCUT2D eigenvalue weighted by molar-refractivity contribution is 5.89. The third-order valence-corrected chi connectivity index (χ3v) is 3.19. The normalized spacial score (nSPS) is 9.50. The van der Waals surface area contributed by atoms with Crippen molar-refractivity contribution in [1.29, 1.82) is 0 Å². The van der Waals surface area contributed by atoms with E-state index in [4.69, 9.17) is 20.7 Å². The number of nitrogen functional groups attached to an aromatic ring is 1. The first kappa shape index (κ1) is 27.8. The van der Waals surface area contributed by atoms with Crippen molar-refractivity contribution in [2.24, 2.45) is 0 Å². The van der Waals surface area contributed by atoms with Crippen molar-refractivity contribution in [2.45, 2.75) is 27.3 Å². The number of carboxylic acid groups (broad SMARTS) is 2. The summed E-state index contributed by atoms with van der Waals surface area (Å²) >= 11 is 0. The van der Waals surface area contributed by atoms with Crippen LogP contribution in [0, 0.1) is 5.82 Å². The molecule has 0 aliphatic rings. The molecule has 6 N–H and O–H groups in total. The lowest BCUT2D eigenvalue weighted by Crippen LogP contribution is -2.15. The van der Waals surface area contributed by atoms with Crippen LogP contribution in [0.1, 0.15) is 26.3 Å². The van der Waals surface area contributed by atoms with E-state index in [0.717, 1.165) is 5.56 Å². The first-order valence-corrected chi connectivity index (χ1v) is 9.53. The van der Waals surface area contributed by atoms with Crippen LogP contribution in [0.25, 0.3) is 0 Å². The van der Waals surface area contributed by atoms with Crippen LogP contribution in [-0.4, -0.2) is 39.8 Å². The third-order valence-electron chi connectivity index (χ3n) is 3.19. The Morgan fingerprint density at radius 3 is 2.09 bits per heavy atom. The van der Waals surface area contributed by atoms with Gasteiger partial charge in [0.15, 0.2) is 0 Å². The Morgan fingerprint density at radius 2 is 1.62 bits per heavy atom. The predicted octanol–water partition coefficient (Wildman–Crippen LogP) is 3.72. The predicted molar refractivity (Wildman–Crippen MR) is 119 cm³/mol. The number of aromatic nitrogens is 1. The molecule has 0 spiro atoms. The summed E-state index contributed by atoms with van der Waals surface area (Å²) in [5.41, 5.74) is 7.08. The van der Waals surface area contributed by atoms with Crippen molar-refractivity contribution in [1.82, 2.24) is 4.98 Å². The van der Waals surface area contributed by atoms with Crippen LogP contribution in [0.15, 0.2) is 48.6 Å². The fourth-order valence-corrected chi connectivity index (χ4v) is 1.89. The Kier molecular flexibility index (Phi) is 13.6. The Bertz CT molecular complexity index is 888. The molecule has 10 nitrogen and oxygen atoms in total. The number of amides is 1. The Hall–Kier alpha value is -4.15. The molecular formula is C21H27FN4O6. The molecule has 0 bridgehead atoms. The van der Waals surface area contributed by atoms with Crippen molar-refractivity contribution in [2.75, 3.05) is 23.0 Å². The molecule has 1 amide bonds. The molecule has 1 aromatic heterocycles. The lowest BCUT2D eigenvalue weighted by molar-refractivity contribution is -0.134. The molecule has 2 rings (SSSR count). The van der Waals surface area contributed by atoms with Gasteiger partial charge in [0.05, 0.1) is 12.3 Å². The zero-order valence-corrected chi connectivity index (χ0v) is 18.0. The van der Waals surface area contributed by atoms with Gasteiger partial charge in [-0.2, -0.15) is 0 Å². The number of ether oxygens (including phenoxy) is 1. The summed E-state index contributed by atoms with van der Waals surface area (Å²) in [5, 5.41) is 21.2. The lowest BCUT2D eigenvalue weighted by Gasteiger charge is -2.10. The van der Waals surface area contributed by atoms with E-state index in [1.54, 1.807) is 31.2 Å². The largest absolute Gasteiger partial charge is 0.478 e. The number of rotatable bonds is 7. The molecule has 0 aliphatic heterocycles. The number of pyridine rings is 1. The summed E-state index contributed by atoms with van der Waals surface area (Å²) in [5.74, 6) is -2.06. The average molecular weight is 450 g/mol. The number of carbonyl (C=O) groups is 3. The van der Waals surface area contributed by atoms with Crippen molar-refractivity contribution < 1.29 is 33.7 Å². The van der Waals surface area contributed by atoms with Gasteiger partial charge in [0.2, 0.25) is 0 Å². The number of halogens is 1. The van der Waals surface area contributed by atoms with Crippen LogP contribution in [0.4, 0.5) is 26.5 Å². The third kappa shape index (κ3) is 12.4. The van der Waals surface area contributed by atoms with Crippen molar-refractivity contribution >= 4 is 35.4 Å². The minimum Gasteiger partial charge on any atom is -0.478 e. The number of nitrogens with zero attached hydrogens (tertiary/aromatic N) is 1. The molecule has 0 fully saturated rings. The van der Waals surface area contributed by atoms with Gasteiger partial charge >= 0.3 is 18.0 Å². The van der Waals surface area contributed by atoms with Crippen LogP contribution in [0.2, 0.25) is 0 Å². The number of carbonyl (C=O) groups excluding carboxylic acids is 1. The van der Waals surface area contributed by atoms with Gasteiger partial charge in [0.1, 0.15) is 17.5 Å². The number of nitrogens with one attached hydrogen (secondary N) is 2. The van der Waals surface area contributed by atoms with E-state index < -0.39 is 18.0 Å². The standard InChI is InChI=1S/C15H17FN4O2.C4H4O4.C2H6/c1-2-22-15(21)19-12-7-8-13(20-14(12)17)18-9-10-3-5-11(16)6-4-10;5-3(6)1-2-4(7)8;1-2/h3-8H,2,9H2,1H3,(H,19,21)(H3,17,18,20);1-2H,(H,5,6)(H,7,8);1-2H3/b;2-1-;. The van der Waals surface area contributed by atoms with Crippen LogP contribution >= 0.6 is 0 Å². The summed E-state index contributed by atoms with van der Waals surface area (Å²) in [6.45, 7) is 6.47. The minimum absolute atomic E-state index is 0.178. The molecule has 32 heavy (non-hydrogen) atoms. The number of carboxylic acids is 2. The smallest absolute Gasteiger partial charge is 0.411 e. The fraction of sp³-hybridized carbons (Fsp3) is 0.238. The van der Waals surface area contributed by atoms with Crippen molar-refractivity contribution in [3.8, 4) is 0 Å². The van der Waals surface area contributed by atoms with Crippen LogP contribution in [-0.2, 0) is 20.9 Å². The molecule has 174 valence electrons. The molecule has 0 radical (unpaired) electrons. The van der Waals surface area contributed by atoms with E-state index in [0.29, 0.717) is 30.2 Å². The average Bonchev–Trinajstić information content (AvgIpc) is 2.76. The van der Waals surface area contributed by atoms with Gasteiger partial charge in [-0.1, -0.05) is 26.0 Å². The van der Waals surface area contributed by atoms with Crippen LogP contribution in [0.5, 0.6) is 0 Å². The number of anilines is 3. The van der Waals surface area contributed by atoms with E-state index in [2.05, 4.69) is 15.6 Å². The number of nitrogens with two attached hydrogens (primary N) is 1. The van der Waals surface area contributed by atoms with Gasteiger partial charge in [-0.25, -0.2) is 23.8 Å². The quantitative estimate of drug-likeness (QED) is 0.395. The second kappa shape index (κ2) is 15.7. The van der Waals surface area contributed by atoms with Gasteiger partial charge in [0.25, 0.3) is 0 Å². The lowest BCUT2D eigenvalue weighted by atomic mass is 10.2. The van der Waals surface area contributed by atoms with Gasteiger partial charge < -0.3 is 26.0 Å². The van der Waals surface area contributed by atoms with E-state index in [-0.39, 0.29) is 18.2 Å². The summed E-state index contributed by atoms with van der Waals surface area (Å²) < 4.78 is 17.6. The molecule has 2 aromatic rings. The van der Waals surface area contributed by atoms with Gasteiger partial charge in [-0.15, -0.1) is 0 Å². The molecule has 0 saturated carbocycles. The molecule has 0 aliphatic carbocycles. The second-order valence-corrected chi connectivity index (χ2v) is 5.46. The van der Waals surface area contributed by atoms with E-state index in [1.165, 1.54) is 12.1 Å². The molecule has 0 saturated heterocycles. The maximum atomic E-state index is 12.8.